The van der Waals surface area contributed by atoms with Gasteiger partial charge in [0.2, 0.25) is 10.0 Å². The Labute approximate surface area is 135 Å². The van der Waals surface area contributed by atoms with Crippen LogP contribution in [0.5, 0.6) is 0 Å². The first-order valence-corrected chi connectivity index (χ1v) is 9.37. The zero-order chi connectivity index (χ0) is 14.6. The van der Waals surface area contributed by atoms with E-state index in [1.54, 1.807) is 0 Å². The zero-order valence-corrected chi connectivity index (χ0v) is 14.7. The molecule has 2 N–H and O–H groups in total. The van der Waals surface area contributed by atoms with E-state index in [2.05, 4.69) is 23.9 Å². The number of halogens is 1. The van der Waals surface area contributed by atoms with Gasteiger partial charge in [-0.25, -0.2) is 13.1 Å². The van der Waals surface area contributed by atoms with E-state index in [0.29, 0.717) is 13.2 Å². The van der Waals surface area contributed by atoms with Crippen molar-refractivity contribution in [2.24, 2.45) is 5.41 Å². The summed E-state index contributed by atoms with van der Waals surface area (Å²) in [6.07, 6.45) is 5.13. The van der Waals surface area contributed by atoms with Gasteiger partial charge in [0.05, 0.1) is 11.9 Å². The summed E-state index contributed by atoms with van der Waals surface area (Å²) in [4.78, 5) is 0. The molecule has 7 heteroatoms. The largest absolute Gasteiger partial charge is 0.377 e. The quantitative estimate of drug-likeness (QED) is 0.799. The molecule has 2 heterocycles. The Bertz CT molecular complexity index is 408. The van der Waals surface area contributed by atoms with Crippen LogP contribution in [0.25, 0.3) is 0 Å². The lowest BCUT2D eigenvalue weighted by Gasteiger charge is -2.39. The molecule has 2 rings (SSSR count). The average molecular weight is 341 g/mol. The fourth-order valence-corrected chi connectivity index (χ4v) is 4.36. The van der Waals surface area contributed by atoms with Crippen molar-refractivity contribution in [1.29, 1.82) is 0 Å². The Morgan fingerprint density at radius 3 is 2.67 bits per heavy atom. The molecule has 0 radical (unpaired) electrons. The standard InChI is InChI=1S/C14H28N2O3S.ClH/c1-14(2)7-5-8-15-13(14)10-16-20(17,18)11-12-6-3-4-9-19-12;/h12-13,15-16H,3-11H2,1-2H3;1H. The van der Waals surface area contributed by atoms with Gasteiger partial charge >= 0.3 is 0 Å². The van der Waals surface area contributed by atoms with Gasteiger partial charge < -0.3 is 10.1 Å². The van der Waals surface area contributed by atoms with Gasteiger partial charge in [-0.15, -0.1) is 12.4 Å². The van der Waals surface area contributed by atoms with Gasteiger partial charge in [0.25, 0.3) is 0 Å². The number of ether oxygens (including phenoxy) is 1. The molecule has 2 aliphatic rings. The SMILES string of the molecule is CC1(C)CCCNC1CNS(=O)(=O)CC1CCCCO1.Cl. The highest BCUT2D eigenvalue weighted by Crippen LogP contribution is 2.29. The molecular weight excluding hydrogens is 312 g/mol. The molecule has 2 atom stereocenters. The van der Waals surface area contributed by atoms with Crippen LogP contribution in [0.3, 0.4) is 0 Å². The molecule has 2 aliphatic heterocycles. The molecule has 0 aromatic carbocycles. The Hall–Kier alpha value is 0.120. The summed E-state index contributed by atoms with van der Waals surface area (Å²) >= 11 is 0. The van der Waals surface area contributed by atoms with Gasteiger partial charge in [-0.05, 0) is 44.1 Å². The molecule has 0 aliphatic carbocycles. The predicted molar refractivity (Wildman–Crippen MR) is 87.4 cm³/mol. The van der Waals surface area contributed by atoms with Crippen LogP contribution in [0.4, 0.5) is 0 Å². The Morgan fingerprint density at radius 2 is 2.05 bits per heavy atom. The van der Waals surface area contributed by atoms with Crippen LogP contribution in [-0.4, -0.2) is 46.0 Å². The summed E-state index contributed by atoms with van der Waals surface area (Å²) < 4.78 is 32.5. The van der Waals surface area contributed by atoms with E-state index in [4.69, 9.17) is 4.74 Å². The van der Waals surface area contributed by atoms with Crippen molar-refractivity contribution in [2.45, 2.75) is 58.1 Å². The van der Waals surface area contributed by atoms with Crippen molar-refractivity contribution in [3.05, 3.63) is 0 Å². The summed E-state index contributed by atoms with van der Waals surface area (Å²) in [6, 6.07) is 0.207. The van der Waals surface area contributed by atoms with Crippen LogP contribution in [-0.2, 0) is 14.8 Å². The van der Waals surface area contributed by atoms with Gasteiger partial charge in [0.1, 0.15) is 0 Å². The second-order valence-corrected chi connectivity index (χ2v) is 8.57. The van der Waals surface area contributed by atoms with Crippen molar-refractivity contribution in [3.63, 3.8) is 0 Å². The van der Waals surface area contributed by atoms with Gasteiger partial charge in [-0.3, -0.25) is 0 Å². The van der Waals surface area contributed by atoms with Gasteiger partial charge in [-0.2, -0.15) is 0 Å². The van der Waals surface area contributed by atoms with E-state index in [-0.39, 0.29) is 35.7 Å². The third-order valence-corrected chi connectivity index (χ3v) is 5.94. The van der Waals surface area contributed by atoms with E-state index in [9.17, 15) is 8.42 Å². The highest BCUT2D eigenvalue weighted by atomic mass is 35.5. The lowest BCUT2D eigenvalue weighted by Crippen LogP contribution is -2.53. The smallest absolute Gasteiger partial charge is 0.214 e. The van der Waals surface area contributed by atoms with Crippen LogP contribution in [0.2, 0.25) is 0 Å². The number of sulfonamides is 1. The molecule has 2 saturated heterocycles. The molecule has 0 aromatic heterocycles. The van der Waals surface area contributed by atoms with E-state index < -0.39 is 10.0 Å². The van der Waals surface area contributed by atoms with Crippen molar-refractivity contribution in [1.82, 2.24) is 10.0 Å². The lowest BCUT2D eigenvalue weighted by molar-refractivity contribution is 0.0303. The van der Waals surface area contributed by atoms with Crippen molar-refractivity contribution in [3.8, 4) is 0 Å². The third-order valence-electron chi connectivity index (χ3n) is 4.52. The normalized spacial score (nSPS) is 29.6. The molecule has 0 spiro atoms. The minimum atomic E-state index is -3.25. The molecule has 0 amide bonds. The first-order chi connectivity index (χ1) is 9.39. The Balaban J connectivity index is 0.00000220. The first-order valence-electron chi connectivity index (χ1n) is 7.71. The van der Waals surface area contributed by atoms with Gasteiger partial charge in [0.15, 0.2) is 0 Å². The van der Waals surface area contributed by atoms with E-state index in [1.807, 2.05) is 0 Å². The Kier molecular flexibility index (Phi) is 7.40. The molecular formula is C14H29ClN2O3S. The minimum absolute atomic E-state index is 0. The maximum absolute atomic E-state index is 12.1. The number of piperidine rings is 1. The van der Waals surface area contributed by atoms with Crippen LogP contribution >= 0.6 is 12.4 Å². The maximum Gasteiger partial charge on any atom is 0.214 e. The number of rotatable bonds is 5. The summed E-state index contributed by atoms with van der Waals surface area (Å²) in [7, 11) is -3.25. The highest BCUT2D eigenvalue weighted by Gasteiger charge is 2.33. The molecule has 0 saturated carbocycles. The summed E-state index contributed by atoms with van der Waals surface area (Å²) in [6.45, 7) is 6.53. The summed E-state index contributed by atoms with van der Waals surface area (Å²) in [5.41, 5.74) is 0.141. The topological polar surface area (TPSA) is 67.4 Å². The Morgan fingerprint density at radius 1 is 1.29 bits per heavy atom. The number of hydrogen-bond donors (Lipinski definition) is 2. The van der Waals surface area contributed by atoms with Crippen LogP contribution in [0.1, 0.15) is 46.0 Å². The molecule has 2 fully saturated rings. The molecule has 2 unspecified atom stereocenters. The summed E-state index contributed by atoms with van der Waals surface area (Å²) in [5, 5.41) is 3.43. The van der Waals surface area contributed by atoms with E-state index in [1.165, 1.54) is 0 Å². The predicted octanol–water partition coefficient (Wildman–Crippen LogP) is 1.67. The molecule has 126 valence electrons. The second-order valence-electron chi connectivity index (χ2n) is 6.72. The lowest BCUT2D eigenvalue weighted by atomic mass is 9.78. The van der Waals surface area contributed by atoms with Crippen LogP contribution < -0.4 is 10.0 Å². The fraction of sp³-hybridized carbons (Fsp3) is 1.00. The van der Waals surface area contributed by atoms with Crippen molar-refractivity contribution in [2.75, 3.05) is 25.4 Å². The van der Waals surface area contributed by atoms with Gasteiger partial charge in [-0.1, -0.05) is 13.8 Å². The molecule has 5 nitrogen and oxygen atoms in total. The number of nitrogens with one attached hydrogen (secondary N) is 2. The van der Waals surface area contributed by atoms with Crippen molar-refractivity contribution >= 4 is 22.4 Å². The van der Waals surface area contributed by atoms with Crippen LogP contribution in [0.15, 0.2) is 0 Å². The summed E-state index contributed by atoms with van der Waals surface area (Å²) in [5.74, 6) is 0.0974. The average Bonchev–Trinajstić information content (AvgIpc) is 2.37. The van der Waals surface area contributed by atoms with Gasteiger partial charge in [0, 0.05) is 19.2 Å². The van der Waals surface area contributed by atoms with Crippen molar-refractivity contribution < 1.29 is 13.2 Å². The zero-order valence-electron chi connectivity index (χ0n) is 13.1. The first kappa shape index (κ1) is 19.2. The fourth-order valence-electron chi connectivity index (χ4n) is 3.07. The highest BCUT2D eigenvalue weighted by molar-refractivity contribution is 7.89. The van der Waals surface area contributed by atoms with Crippen LogP contribution in [0, 0.1) is 5.41 Å². The molecule has 21 heavy (non-hydrogen) atoms. The number of hydrogen-bond acceptors (Lipinski definition) is 4. The van der Waals surface area contributed by atoms with E-state index >= 15 is 0 Å². The minimum Gasteiger partial charge on any atom is -0.377 e. The maximum atomic E-state index is 12.1. The molecule has 0 bridgehead atoms. The molecule has 0 aromatic rings. The van der Waals surface area contributed by atoms with E-state index in [0.717, 1.165) is 38.6 Å². The second kappa shape index (κ2) is 8.11. The third kappa shape index (κ3) is 6.02. The monoisotopic (exact) mass is 340 g/mol.